The largest absolute Gasteiger partial charge is 0.342 e. The van der Waals surface area contributed by atoms with Crippen molar-refractivity contribution >= 4 is 29.1 Å². The zero-order valence-corrected chi connectivity index (χ0v) is 12.0. The fourth-order valence-corrected chi connectivity index (χ4v) is 1.72. The molecule has 1 aromatic carbocycles. The Morgan fingerprint density at radius 1 is 1.32 bits per heavy atom. The predicted molar refractivity (Wildman–Crippen MR) is 77.2 cm³/mol. The highest BCUT2D eigenvalue weighted by Gasteiger charge is 2.09. The van der Waals surface area contributed by atoms with Crippen LogP contribution < -0.4 is 5.32 Å². The Labute approximate surface area is 118 Å². The average Bonchev–Trinajstić information content (AvgIpc) is 2.38. The van der Waals surface area contributed by atoms with Crippen molar-refractivity contribution in [3.8, 4) is 0 Å². The summed E-state index contributed by atoms with van der Waals surface area (Å²) in [6.07, 6.45) is 1.06. The molecular weight excluding hydrogens is 264 g/mol. The highest BCUT2D eigenvalue weighted by molar-refractivity contribution is 6.18. The summed E-state index contributed by atoms with van der Waals surface area (Å²) in [5.41, 5.74) is 1.66. The van der Waals surface area contributed by atoms with Crippen molar-refractivity contribution in [2.45, 2.75) is 26.3 Å². The third-order valence-electron chi connectivity index (χ3n) is 2.77. The van der Waals surface area contributed by atoms with Crippen LogP contribution in [0.1, 0.15) is 25.3 Å². The van der Waals surface area contributed by atoms with Crippen LogP contribution in [0.2, 0.25) is 0 Å². The van der Waals surface area contributed by atoms with E-state index < -0.39 is 0 Å². The molecule has 0 heterocycles. The van der Waals surface area contributed by atoms with Crippen LogP contribution in [-0.4, -0.2) is 29.6 Å². The Morgan fingerprint density at radius 3 is 2.63 bits per heavy atom. The monoisotopic (exact) mass is 282 g/mol. The van der Waals surface area contributed by atoms with Crippen molar-refractivity contribution in [3.05, 3.63) is 29.8 Å². The van der Waals surface area contributed by atoms with E-state index in [4.69, 9.17) is 11.6 Å². The van der Waals surface area contributed by atoms with Crippen molar-refractivity contribution in [1.82, 2.24) is 4.90 Å². The molecule has 19 heavy (non-hydrogen) atoms. The van der Waals surface area contributed by atoms with Crippen LogP contribution in [-0.2, 0) is 16.1 Å². The molecule has 0 atom stereocenters. The van der Waals surface area contributed by atoms with Crippen molar-refractivity contribution in [3.63, 3.8) is 0 Å². The maximum absolute atomic E-state index is 11.7. The Balaban J connectivity index is 2.72. The van der Waals surface area contributed by atoms with Crippen LogP contribution in [0.15, 0.2) is 24.3 Å². The first-order valence-corrected chi connectivity index (χ1v) is 6.73. The third-order valence-corrected chi connectivity index (χ3v) is 3.04. The molecular formula is C14H19ClN2O2. The molecule has 0 aliphatic rings. The lowest BCUT2D eigenvalue weighted by Gasteiger charge is -2.17. The summed E-state index contributed by atoms with van der Waals surface area (Å²) in [5.74, 6) is 0.407. The summed E-state index contributed by atoms with van der Waals surface area (Å²) in [6.45, 7) is 1.99. The molecule has 2 amide bonds. The molecule has 0 aromatic heterocycles. The molecule has 1 aromatic rings. The highest BCUT2D eigenvalue weighted by Crippen LogP contribution is 2.17. The number of alkyl halides is 1. The molecule has 0 aliphatic heterocycles. The highest BCUT2D eigenvalue weighted by atomic mass is 35.5. The van der Waals surface area contributed by atoms with E-state index in [2.05, 4.69) is 5.32 Å². The van der Waals surface area contributed by atoms with E-state index in [0.29, 0.717) is 25.3 Å². The van der Waals surface area contributed by atoms with Crippen molar-refractivity contribution in [2.75, 3.05) is 18.2 Å². The van der Waals surface area contributed by atoms with Gasteiger partial charge >= 0.3 is 0 Å². The van der Waals surface area contributed by atoms with Crippen LogP contribution in [0.25, 0.3) is 0 Å². The molecule has 5 heteroatoms. The lowest BCUT2D eigenvalue weighted by atomic mass is 10.1. The number of carbonyl (C=O) groups is 2. The standard InChI is InChI=1S/C14H19ClN2O2/c1-11(18)17(2)10-12-6-3-4-7-13(12)16-14(19)8-5-9-15/h3-4,6-7H,5,8-10H2,1-2H3,(H,16,19). The van der Waals surface area contributed by atoms with E-state index in [0.717, 1.165) is 11.3 Å². The number of hydrogen-bond donors (Lipinski definition) is 1. The van der Waals surface area contributed by atoms with Gasteiger partial charge in [0.05, 0.1) is 0 Å². The summed E-state index contributed by atoms with van der Waals surface area (Å²) >= 11 is 5.56. The molecule has 1 N–H and O–H groups in total. The number of nitrogens with one attached hydrogen (secondary N) is 1. The zero-order valence-electron chi connectivity index (χ0n) is 11.3. The second kappa shape index (κ2) is 7.79. The smallest absolute Gasteiger partial charge is 0.224 e. The molecule has 0 aliphatic carbocycles. The second-order valence-electron chi connectivity index (χ2n) is 4.37. The van der Waals surface area contributed by atoms with E-state index in [1.54, 1.807) is 11.9 Å². The molecule has 0 spiro atoms. The van der Waals surface area contributed by atoms with E-state index in [-0.39, 0.29) is 11.8 Å². The molecule has 0 saturated heterocycles. The molecule has 0 bridgehead atoms. The molecule has 0 radical (unpaired) electrons. The lowest BCUT2D eigenvalue weighted by molar-refractivity contribution is -0.128. The van der Waals surface area contributed by atoms with Gasteiger partial charge in [0.1, 0.15) is 0 Å². The van der Waals surface area contributed by atoms with Gasteiger partial charge in [0.2, 0.25) is 11.8 Å². The van der Waals surface area contributed by atoms with Gasteiger partial charge in [0.15, 0.2) is 0 Å². The van der Waals surface area contributed by atoms with Crippen LogP contribution in [0.5, 0.6) is 0 Å². The number of anilines is 1. The third kappa shape index (κ3) is 5.30. The zero-order chi connectivity index (χ0) is 14.3. The Kier molecular flexibility index (Phi) is 6.36. The first-order valence-electron chi connectivity index (χ1n) is 6.20. The molecule has 0 unspecified atom stereocenters. The van der Waals surface area contributed by atoms with Gasteiger partial charge in [-0.3, -0.25) is 9.59 Å². The minimum atomic E-state index is -0.0569. The number of halogens is 1. The lowest BCUT2D eigenvalue weighted by Crippen LogP contribution is -2.24. The van der Waals surface area contributed by atoms with Gasteiger partial charge in [-0.2, -0.15) is 0 Å². The minimum absolute atomic E-state index is 0.0109. The first kappa shape index (κ1) is 15.5. The van der Waals surface area contributed by atoms with E-state index in [1.165, 1.54) is 6.92 Å². The number of benzene rings is 1. The molecule has 1 rings (SSSR count). The van der Waals surface area contributed by atoms with E-state index in [9.17, 15) is 9.59 Å². The van der Waals surface area contributed by atoms with E-state index in [1.807, 2.05) is 24.3 Å². The number of para-hydroxylation sites is 1. The predicted octanol–water partition coefficient (Wildman–Crippen LogP) is 2.62. The SMILES string of the molecule is CC(=O)N(C)Cc1ccccc1NC(=O)CCCCl. The second-order valence-corrected chi connectivity index (χ2v) is 4.75. The average molecular weight is 283 g/mol. The van der Waals surface area contributed by atoms with Crippen LogP contribution in [0.4, 0.5) is 5.69 Å². The van der Waals surface area contributed by atoms with Gasteiger partial charge in [-0.25, -0.2) is 0 Å². The molecule has 0 fully saturated rings. The van der Waals surface area contributed by atoms with Gasteiger partial charge in [0, 0.05) is 38.5 Å². The summed E-state index contributed by atoms with van der Waals surface area (Å²) < 4.78 is 0. The molecule has 104 valence electrons. The van der Waals surface area contributed by atoms with Gasteiger partial charge in [-0.1, -0.05) is 18.2 Å². The topological polar surface area (TPSA) is 49.4 Å². The number of carbonyl (C=O) groups excluding carboxylic acids is 2. The maximum atomic E-state index is 11.7. The number of hydrogen-bond acceptors (Lipinski definition) is 2. The minimum Gasteiger partial charge on any atom is -0.342 e. The van der Waals surface area contributed by atoms with Crippen molar-refractivity contribution in [1.29, 1.82) is 0 Å². The van der Waals surface area contributed by atoms with Crippen molar-refractivity contribution < 1.29 is 9.59 Å². The Hall–Kier alpha value is -1.55. The van der Waals surface area contributed by atoms with Gasteiger partial charge < -0.3 is 10.2 Å². The van der Waals surface area contributed by atoms with Crippen LogP contribution >= 0.6 is 11.6 Å². The number of amides is 2. The van der Waals surface area contributed by atoms with Gasteiger partial charge in [-0.15, -0.1) is 11.6 Å². The number of rotatable bonds is 6. The summed E-state index contributed by atoms with van der Waals surface area (Å²) in [5, 5.41) is 2.85. The maximum Gasteiger partial charge on any atom is 0.224 e. The summed E-state index contributed by atoms with van der Waals surface area (Å²) in [7, 11) is 1.73. The fourth-order valence-electron chi connectivity index (χ4n) is 1.59. The van der Waals surface area contributed by atoms with Gasteiger partial charge in [-0.05, 0) is 18.1 Å². The number of nitrogens with zero attached hydrogens (tertiary/aromatic N) is 1. The van der Waals surface area contributed by atoms with Crippen molar-refractivity contribution in [2.24, 2.45) is 0 Å². The summed E-state index contributed by atoms with van der Waals surface area (Å²) in [6, 6.07) is 7.48. The van der Waals surface area contributed by atoms with Gasteiger partial charge in [0.25, 0.3) is 0 Å². The Morgan fingerprint density at radius 2 is 2.00 bits per heavy atom. The fraction of sp³-hybridized carbons (Fsp3) is 0.429. The van der Waals surface area contributed by atoms with Crippen LogP contribution in [0, 0.1) is 0 Å². The van der Waals surface area contributed by atoms with E-state index >= 15 is 0 Å². The normalized spacial score (nSPS) is 10.1. The Bertz CT molecular complexity index is 449. The molecule has 4 nitrogen and oxygen atoms in total. The molecule has 0 saturated carbocycles. The first-order chi connectivity index (χ1) is 9.04. The van der Waals surface area contributed by atoms with Crippen LogP contribution in [0.3, 0.4) is 0 Å². The quantitative estimate of drug-likeness (QED) is 0.816. The summed E-state index contributed by atoms with van der Waals surface area (Å²) in [4.78, 5) is 24.5.